The van der Waals surface area contributed by atoms with Crippen molar-refractivity contribution in [3.05, 3.63) is 53.3 Å². The van der Waals surface area contributed by atoms with Crippen LogP contribution < -0.4 is 14.2 Å². The van der Waals surface area contributed by atoms with E-state index in [2.05, 4.69) is 0 Å². The molecule has 21 heavy (non-hydrogen) atoms. The molecule has 0 amide bonds. The maximum absolute atomic E-state index is 13.8. The Kier molecular flexibility index (Phi) is 5.00. The van der Waals surface area contributed by atoms with E-state index < -0.39 is 5.82 Å². The molecule has 0 atom stereocenters. The van der Waals surface area contributed by atoms with Gasteiger partial charge in [-0.1, -0.05) is 0 Å². The number of rotatable bonds is 6. The maximum atomic E-state index is 13.8. The van der Waals surface area contributed by atoms with Crippen LogP contribution in [0.25, 0.3) is 0 Å². The Balaban J connectivity index is 2.15. The van der Waals surface area contributed by atoms with Crippen LogP contribution in [0.3, 0.4) is 0 Å². The molecule has 2 aromatic rings. The fraction of sp³-hybridized carbons (Fsp3) is 0.250. The number of halogens is 1. The van der Waals surface area contributed by atoms with Gasteiger partial charge in [0.2, 0.25) is 0 Å². The van der Waals surface area contributed by atoms with E-state index in [0.29, 0.717) is 28.4 Å². The molecular formula is C16H17FO4. The third-order valence-electron chi connectivity index (χ3n) is 3.09. The molecule has 4 nitrogen and oxygen atoms in total. The molecular weight excluding hydrogens is 275 g/mol. The molecule has 112 valence electrons. The molecule has 1 N–H and O–H groups in total. The summed E-state index contributed by atoms with van der Waals surface area (Å²) < 4.78 is 29.5. The molecule has 0 bridgehead atoms. The van der Waals surface area contributed by atoms with E-state index in [0.717, 1.165) is 0 Å². The van der Waals surface area contributed by atoms with Crippen molar-refractivity contribution < 1.29 is 23.7 Å². The number of hydrogen-bond acceptors (Lipinski definition) is 4. The molecule has 0 aliphatic heterocycles. The highest BCUT2D eigenvalue weighted by Gasteiger charge is 2.08. The van der Waals surface area contributed by atoms with E-state index in [1.807, 2.05) is 0 Å². The second kappa shape index (κ2) is 6.95. The van der Waals surface area contributed by atoms with Crippen LogP contribution in [-0.2, 0) is 13.2 Å². The first-order valence-electron chi connectivity index (χ1n) is 6.41. The number of methoxy groups -OCH3 is 2. The first kappa shape index (κ1) is 15.1. The van der Waals surface area contributed by atoms with Gasteiger partial charge in [-0.2, -0.15) is 0 Å². The highest BCUT2D eigenvalue weighted by atomic mass is 19.1. The highest BCUT2D eigenvalue weighted by molar-refractivity contribution is 5.40. The topological polar surface area (TPSA) is 47.9 Å². The minimum Gasteiger partial charge on any atom is -0.497 e. The molecule has 0 radical (unpaired) electrons. The Labute approximate surface area is 122 Å². The number of hydrogen-bond donors (Lipinski definition) is 1. The quantitative estimate of drug-likeness (QED) is 0.889. The molecule has 0 aliphatic rings. The smallest absolute Gasteiger partial charge is 0.133 e. The van der Waals surface area contributed by atoms with Crippen LogP contribution in [0.5, 0.6) is 17.2 Å². The van der Waals surface area contributed by atoms with Gasteiger partial charge in [-0.15, -0.1) is 0 Å². The molecule has 0 saturated carbocycles. The molecule has 2 rings (SSSR count). The van der Waals surface area contributed by atoms with Gasteiger partial charge in [-0.25, -0.2) is 4.39 Å². The summed E-state index contributed by atoms with van der Waals surface area (Å²) >= 11 is 0. The monoisotopic (exact) mass is 292 g/mol. The molecule has 2 aromatic carbocycles. The maximum Gasteiger partial charge on any atom is 0.133 e. The number of aliphatic hydroxyl groups excluding tert-OH is 1. The lowest BCUT2D eigenvalue weighted by molar-refractivity contribution is 0.256. The van der Waals surface area contributed by atoms with Gasteiger partial charge in [0.25, 0.3) is 0 Å². The predicted molar refractivity (Wildman–Crippen MR) is 76.2 cm³/mol. The summed E-state index contributed by atoms with van der Waals surface area (Å²) in [5, 5.41) is 9.29. The third kappa shape index (κ3) is 3.64. The van der Waals surface area contributed by atoms with Gasteiger partial charge < -0.3 is 19.3 Å². The predicted octanol–water partition coefficient (Wildman–Crippen LogP) is 2.91. The van der Waals surface area contributed by atoms with E-state index in [9.17, 15) is 9.50 Å². The number of aliphatic hydroxyl groups is 1. The molecule has 0 aliphatic carbocycles. The van der Waals surface area contributed by atoms with Gasteiger partial charge in [0.05, 0.1) is 20.8 Å². The van der Waals surface area contributed by atoms with Crippen molar-refractivity contribution in [2.45, 2.75) is 13.2 Å². The van der Waals surface area contributed by atoms with Crippen LogP contribution in [0.4, 0.5) is 4.39 Å². The normalized spacial score (nSPS) is 10.3. The van der Waals surface area contributed by atoms with Crippen molar-refractivity contribution in [2.75, 3.05) is 14.2 Å². The SMILES string of the molecule is COc1ccc(COc2cc(OC)ccc2CO)c(F)c1. The van der Waals surface area contributed by atoms with Gasteiger partial charge in [-0.3, -0.25) is 0 Å². The zero-order chi connectivity index (χ0) is 15.2. The van der Waals surface area contributed by atoms with Crippen molar-refractivity contribution >= 4 is 0 Å². The minimum absolute atomic E-state index is 0.0516. The van der Waals surface area contributed by atoms with Crippen LogP contribution in [0, 0.1) is 5.82 Å². The van der Waals surface area contributed by atoms with E-state index >= 15 is 0 Å². The summed E-state index contributed by atoms with van der Waals surface area (Å²) in [6, 6.07) is 9.67. The van der Waals surface area contributed by atoms with Crippen LogP contribution >= 0.6 is 0 Å². The Hall–Kier alpha value is -2.27. The van der Waals surface area contributed by atoms with Crippen LogP contribution in [-0.4, -0.2) is 19.3 Å². The third-order valence-corrected chi connectivity index (χ3v) is 3.09. The zero-order valence-corrected chi connectivity index (χ0v) is 11.9. The molecule has 0 unspecified atom stereocenters. The van der Waals surface area contributed by atoms with Crippen molar-refractivity contribution in [1.29, 1.82) is 0 Å². The number of benzene rings is 2. The van der Waals surface area contributed by atoms with Crippen molar-refractivity contribution in [3.8, 4) is 17.2 Å². The summed E-state index contributed by atoms with van der Waals surface area (Å²) in [5.74, 6) is 1.13. The second-order valence-electron chi connectivity index (χ2n) is 4.38. The van der Waals surface area contributed by atoms with Gasteiger partial charge in [0, 0.05) is 23.3 Å². The first-order chi connectivity index (χ1) is 10.2. The Bertz CT molecular complexity index is 613. The van der Waals surface area contributed by atoms with Crippen LogP contribution in [0.15, 0.2) is 36.4 Å². The van der Waals surface area contributed by atoms with E-state index in [4.69, 9.17) is 14.2 Å². The molecule has 5 heteroatoms. The lowest BCUT2D eigenvalue weighted by atomic mass is 10.2. The van der Waals surface area contributed by atoms with Crippen molar-refractivity contribution in [1.82, 2.24) is 0 Å². The average molecular weight is 292 g/mol. The molecule has 0 saturated heterocycles. The zero-order valence-electron chi connectivity index (χ0n) is 11.9. The summed E-state index contributed by atoms with van der Waals surface area (Å²) in [7, 11) is 3.02. The Morgan fingerprint density at radius 1 is 0.952 bits per heavy atom. The lowest BCUT2D eigenvalue weighted by Gasteiger charge is -2.12. The van der Waals surface area contributed by atoms with Gasteiger partial charge in [0.1, 0.15) is 29.7 Å². The minimum atomic E-state index is -0.400. The second-order valence-corrected chi connectivity index (χ2v) is 4.38. The molecule has 0 fully saturated rings. The average Bonchev–Trinajstić information content (AvgIpc) is 2.53. The standard InChI is InChI=1S/C16H17FO4/c1-19-13-6-4-12(15(17)7-13)10-21-16-8-14(20-2)5-3-11(16)9-18/h3-8,18H,9-10H2,1-2H3. The Morgan fingerprint density at radius 3 is 2.14 bits per heavy atom. The van der Waals surface area contributed by atoms with Gasteiger partial charge in [0.15, 0.2) is 0 Å². The van der Waals surface area contributed by atoms with E-state index in [1.54, 1.807) is 37.4 Å². The molecule has 0 heterocycles. The van der Waals surface area contributed by atoms with Crippen LogP contribution in [0.2, 0.25) is 0 Å². The summed E-state index contributed by atoms with van der Waals surface area (Å²) in [6.07, 6.45) is 0. The van der Waals surface area contributed by atoms with Crippen molar-refractivity contribution in [2.24, 2.45) is 0 Å². The molecule has 0 aromatic heterocycles. The van der Waals surface area contributed by atoms with Gasteiger partial charge >= 0.3 is 0 Å². The summed E-state index contributed by atoms with van der Waals surface area (Å²) in [5.41, 5.74) is 1.02. The summed E-state index contributed by atoms with van der Waals surface area (Å²) in [4.78, 5) is 0. The first-order valence-corrected chi connectivity index (χ1v) is 6.41. The fourth-order valence-corrected chi connectivity index (χ4v) is 1.85. The fourth-order valence-electron chi connectivity index (χ4n) is 1.85. The largest absolute Gasteiger partial charge is 0.497 e. The van der Waals surface area contributed by atoms with Crippen molar-refractivity contribution in [3.63, 3.8) is 0 Å². The Morgan fingerprint density at radius 2 is 1.57 bits per heavy atom. The lowest BCUT2D eigenvalue weighted by Crippen LogP contribution is -2.01. The highest BCUT2D eigenvalue weighted by Crippen LogP contribution is 2.26. The van der Waals surface area contributed by atoms with E-state index in [1.165, 1.54) is 13.2 Å². The van der Waals surface area contributed by atoms with Crippen LogP contribution in [0.1, 0.15) is 11.1 Å². The van der Waals surface area contributed by atoms with Gasteiger partial charge in [-0.05, 0) is 24.3 Å². The molecule has 0 spiro atoms. The van der Waals surface area contributed by atoms with E-state index in [-0.39, 0.29) is 13.2 Å². The summed E-state index contributed by atoms with van der Waals surface area (Å²) in [6.45, 7) is -0.111. The number of ether oxygens (including phenoxy) is 3.